The number of amides is 1. The van der Waals surface area contributed by atoms with Crippen LogP contribution in [0.2, 0.25) is 0 Å². The highest BCUT2D eigenvalue weighted by Crippen LogP contribution is 2.20. The van der Waals surface area contributed by atoms with Crippen molar-refractivity contribution < 1.29 is 18.0 Å². The molecule has 0 spiro atoms. The maximum absolute atomic E-state index is 13.0. The summed E-state index contributed by atoms with van der Waals surface area (Å²) in [5, 5.41) is 0. The highest BCUT2D eigenvalue weighted by atomic mass is 32.2. The Bertz CT molecular complexity index is 1380. The van der Waals surface area contributed by atoms with Gasteiger partial charge in [-0.1, -0.05) is 34.8 Å². The largest absolute Gasteiger partial charge is 0.383 e. The molecule has 3 N–H and O–H groups in total. The Morgan fingerprint density at radius 2 is 1.67 bits per heavy atom. The smallest absolute Gasteiger partial charge is 0.330 e. The van der Waals surface area contributed by atoms with E-state index < -0.39 is 27.2 Å². The molecule has 3 aromatic rings. The number of hydrogen-bond acceptors (Lipinski definition) is 7. The van der Waals surface area contributed by atoms with Gasteiger partial charge in [-0.15, -0.1) is 0 Å². The van der Waals surface area contributed by atoms with Gasteiger partial charge in [0.1, 0.15) is 5.82 Å². The van der Waals surface area contributed by atoms with Crippen molar-refractivity contribution in [3.63, 3.8) is 0 Å². The van der Waals surface area contributed by atoms with E-state index in [1.165, 1.54) is 45.5 Å². The highest BCUT2D eigenvalue weighted by molar-refractivity contribution is 7.89. The summed E-state index contributed by atoms with van der Waals surface area (Å²) in [4.78, 5) is 45.7. The molecule has 1 aromatic heterocycles. The van der Waals surface area contributed by atoms with E-state index in [0.29, 0.717) is 4.47 Å². The molecule has 0 aliphatic heterocycles. The van der Waals surface area contributed by atoms with Crippen molar-refractivity contribution in [3.8, 4) is 0 Å². The molecular formula is C21H23N5O6S. The van der Waals surface area contributed by atoms with Crippen LogP contribution in [0.5, 0.6) is 0 Å². The number of carbonyl (C=O) groups excluding carboxylic acids is 1. The van der Waals surface area contributed by atoms with Crippen LogP contribution in [0.4, 0.5) is 11.5 Å². The molecule has 11 nitrogen and oxygen atoms in total. The van der Waals surface area contributed by atoms with E-state index in [2.05, 4.69) is 4.98 Å². The van der Waals surface area contributed by atoms with Crippen LogP contribution in [-0.2, 0) is 21.4 Å². The second-order valence-electron chi connectivity index (χ2n) is 7.05. The van der Waals surface area contributed by atoms with Crippen molar-refractivity contribution in [2.45, 2.75) is 11.4 Å². The van der Waals surface area contributed by atoms with Gasteiger partial charge in [0.05, 0.1) is 18.6 Å². The van der Waals surface area contributed by atoms with Gasteiger partial charge < -0.3 is 10.6 Å². The van der Waals surface area contributed by atoms with Crippen LogP contribution in [0.15, 0.2) is 69.1 Å². The first-order chi connectivity index (χ1) is 15.6. The molecule has 0 unspecified atom stereocenters. The Kier molecular flexibility index (Phi) is 6.81. The number of rotatable bonds is 7. The molecule has 0 aliphatic carbocycles. The lowest BCUT2D eigenvalue weighted by Crippen LogP contribution is -2.39. The lowest BCUT2D eigenvalue weighted by Gasteiger charge is -2.21. The van der Waals surface area contributed by atoms with Crippen molar-refractivity contribution in [2.75, 3.05) is 31.8 Å². The van der Waals surface area contributed by atoms with Crippen LogP contribution >= 0.6 is 0 Å². The Morgan fingerprint density at radius 3 is 2.24 bits per heavy atom. The fraction of sp³-hybridized carbons (Fsp3) is 0.190. The fourth-order valence-electron chi connectivity index (χ4n) is 3.14. The minimum Gasteiger partial charge on any atom is -0.383 e. The first-order valence-electron chi connectivity index (χ1n) is 9.65. The first-order valence-corrected chi connectivity index (χ1v) is 11.1. The molecule has 12 heteroatoms. The molecule has 3 rings (SSSR count). The average molecular weight is 474 g/mol. The zero-order valence-electron chi connectivity index (χ0n) is 18.2. The average Bonchev–Trinajstić information content (AvgIpc) is 2.81. The van der Waals surface area contributed by atoms with Crippen molar-refractivity contribution in [2.24, 2.45) is 0 Å². The normalized spacial score (nSPS) is 11.5. The molecule has 0 bridgehead atoms. The van der Waals surface area contributed by atoms with Gasteiger partial charge in [-0.3, -0.25) is 24.0 Å². The maximum Gasteiger partial charge on any atom is 0.330 e. The number of nitrogen functional groups attached to an aromatic ring is 1. The summed E-state index contributed by atoms with van der Waals surface area (Å²) >= 11 is 0. The van der Waals surface area contributed by atoms with Gasteiger partial charge in [0.15, 0.2) is 5.69 Å². The summed E-state index contributed by atoms with van der Waals surface area (Å²) < 4.78 is 26.5. The second-order valence-corrected chi connectivity index (χ2v) is 8.99. The van der Waals surface area contributed by atoms with Gasteiger partial charge in [0, 0.05) is 19.7 Å². The predicted octanol–water partition coefficient (Wildman–Crippen LogP) is 0.626. The number of nitrogens with two attached hydrogens (primary N) is 1. The number of H-pyrrole nitrogens is 1. The number of sulfonamides is 1. The standard InChI is InChI=1S/C21H23N5O6S/c1-24(20(28)15-9-11-16(12-10-15)33(30,31)25(2)32-3)17-18(22)26(21(29)23-19(17)27)13-14-7-5-4-6-8-14/h4-12H,13,22H2,1-3H3,(H,23,27,29). The van der Waals surface area contributed by atoms with Crippen molar-refractivity contribution in [1.29, 1.82) is 0 Å². The second kappa shape index (κ2) is 9.40. The van der Waals surface area contributed by atoms with Gasteiger partial charge in [0.25, 0.3) is 21.5 Å². The Hall–Kier alpha value is -3.74. The molecule has 0 aliphatic rings. The summed E-state index contributed by atoms with van der Waals surface area (Å²) in [5.41, 5.74) is 5.28. The van der Waals surface area contributed by atoms with Crippen molar-refractivity contribution in [3.05, 3.63) is 86.6 Å². The first kappa shape index (κ1) is 23.9. The third kappa shape index (κ3) is 4.72. The zero-order chi connectivity index (χ0) is 24.3. The molecule has 0 radical (unpaired) electrons. The van der Waals surface area contributed by atoms with E-state index >= 15 is 0 Å². The van der Waals surface area contributed by atoms with E-state index in [0.717, 1.165) is 15.0 Å². The predicted molar refractivity (Wildman–Crippen MR) is 122 cm³/mol. The molecule has 2 aromatic carbocycles. The Balaban J connectivity index is 1.96. The van der Waals surface area contributed by atoms with Crippen LogP contribution in [-0.4, -0.2) is 49.5 Å². The van der Waals surface area contributed by atoms with Gasteiger partial charge in [0.2, 0.25) is 0 Å². The number of anilines is 2. The number of hydrogen-bond donors (Lipinski definition) is 2. The minimum atomic E-state index is -3.88. The third-order valence-electron chi connectivity index (χ3n) is 5.03. The number of carbonyl (C=O) groups is 1. The highest BCUT2D eigenvalue weighted by Gasteiger charge is 2.24. The summed E-state index contributed by atoms with van der Waals surface area (Å²) in [6.07, 6.45) is 0. The third-order valence-corrected chi connectivity index (χ3v) is 6.73. The van der Waals surface area contributed by atoms with E-state index in [4.69, 9.17) is 10.6 Å². The maximum atomic E-state index is 13.0. The Labute approximate surface area is 189 Å². The summed E-state index contributed by atoms with van der Waals surface area (Å²) in [6.45, 7) is 0.0941. The van der Waals surface area contributed by atoms with E-state index in [9.17, 15) is 22.8 Å². The molecule has 0 saturated carbocycles. The van der Waals surface area contributed by atoms with Crippen molar-refractivity contribution in [1.82, 2.24) is 14.0 Å². The number of aromatic nitrogens is 2. The lowest BCUT2D eigenvalue weighted by atomic mass is 10.2. The van der Waals surface area contributed by atoms with E-state index in [-0.39, 0.29) is 28.5 Å². The monoisotopic (exact) mass is 473 g/mol. The van der Waals surface area contributed by atoms with Gasteiger partial charge in [-0.25, -0.2) is 13.2 Å². The molecule has 0 atom stereocenters. The fourth-order valence-corrected chi connectivity index (χ4v) is 4.11. The quantitative estimate of drug-likeness (QED) is 0.478. The molecule has 0 fully saturated rings. The summed E-state index contributed by atoms with van der Waals surface area (Å²) in [5.74, 6) is -0.800. The lowest BCUT2D eigenvalue weighted by molar-refractivity contribution is -0.0258. The zero-order valence-corrected chi connectivity index (χ0v) is 19.0. The number of benzene rings is 2. The van der Waals surface area contributed by atoms with Crippen LogP contribution in [0.1, 0.15) is 15.9 Å². The number of hydroxylamine groups is 1. The van der Waals surface area contributed by atoms with Crippen LogP contribution < -0.4 is 21.9 Å². The van der Waals surface area contributed by atoms with E-state index in [1.54, 1.807) is 24.3 Å². The summed E-state index contributed by atoms with van der Waals surface area (Å²) in [6, 6.07) is 14.1. The van der Waals surface area contributed by atoms with Crippen LogP contribution in [0, 0.1) is 0 Å². The molecule has 33 heavy (non-hydrogen) atoms. The van der Waals surface area contributed by atoms with Crippen molar-refractivity contribution >= 4 is 27.4 Å². The Morgan fingerprint density at radius 1 is 1.06 bits per heavy atom. The SMILES string of the molecule is CON(C)S(=O)(=O)c1ccc(C(=O)N(C)c2c(N)n(Cc3ccccc3)c(=O)[nH]c2=O)cc1. The molecule has 174 valence electrons. The number of nitrogens with zero attached hydrogens (tertiary/aromatic N) is 3. The molecular weight excluding hydrogens is 450 g/mol. The number of aromatic amines is 1. The molecule has 0 saturated heterocycles. The topological polar surface area (TPSA) is 148 Å². The van der Waals surface area contributed by atoms with Crippen LogP contribution in [0.25, 0.3) is 0 Å². The van der Waals surface area contributed by atoms with Gasteiger partial charge in [-0.2, -0.15) is 0 Å². The summed E-state index contributed by atoms with van der Waals surface area (Å²) in [7, 11) is -0.0975. The van der Waals surface area contributed by atoms with Gasteiger partial charge >= 0.3 is 5.69 Å². The molecule has 1 heterocycles. The molecule has 1 amide bonds. The minimum absolute atomic E-state index is 0.0835. The van der Waals surface area contributed by atoms with Crippen LogP contribution in [0.3, 0.4) is 0 Å². The van der Waals surface area contributed by atoms with Gasteiger partial charge in [-0.05, 0) is 29.8 Å². The van der Waals surface area contributed by atoms with E-state index in [1.807, 2.05) is 6.07 Å². The number of nitrogens with one attached hydrogen (secondary N) is 1.